The van der Waals surface area contributed by atoms with E-state index in [-0.39, 0.29) is 28.7 Å². The van der Waals surface area contributed by atoms with Crippen molar-refractivity contribution in [2.75, 3.05) is 19.3 Å². The molecular formula is C27H28FN3O3S. The van der Waals surface area contributed by atoms with Gasteiger partial charge in [-0.2, -0.15) is 0 Å². The van der Waals surface area contributed by atoms with Crippen molar-refractivity contribution in [1.29, 1.82) is 0 Å². The zero-order valence-electron chi connectivity index (χ0n) is 19.8. The number of aromatic nitrogens is 1. The molecule has 2 aliphatic rings. The average molecular weight is 494 g/mol. The van der Waals surface area contributed by atoms with E-state index in [2.05, 4.69) is 9.88 Å². The van der Waals surface area contributed by atoms with Crippen molar-refractivity contribution in [3.63, 3.8) is 0 Å². The number of amides is 1. The number of rotatable bonds is 5. The smallest absolute Gasteiger partial charge is 0.255 e. The van der Waals surface area contributed by atoms with Gasteiger partial charge in [0, 0.05) is 43.8 Å². The maximum absolute atomic E-state index is 14.3. The minimum absolute atomic E-state index is 0.0244. The summed E-state index contributed by atoms with van der Waals surface area (Å²) in [6.07, 6.45) is 6.29. The number of aryl methyl sites for hydroxylation is 1. The number of sulfone groups is 1. The molecule has 35 heavy (non-hydrogen) atoms. The zero-order chi connectivity index (χ0) is 24.7. The van der Waals surface area contributed by atoms with Gasteiger partial charge in [-0.15, -0.1) is 0 Å². The van der Waals surface area contributed by atoms with Gasteiger partial charge in [-0.25, -0.2) is 12.8 Å². The molecule has 182 valence electrons. The molecule has 2 aliphatic heterocycles. The molecule has 0 N–H and O–H groups in total. The van der Waals surface area contributed by atoms with Gasteiger partial charge in [-0.1, -0.05) is 30.3 Å². The predicted molar refractivity (Wildman–Crippen MR) is 131 cm³/mol. The van der Waals surface area contributed by atoms with Gasteiger partial charge in [0.15, 0.2) is 9.84 Å². The fraction of sp³-hybridized carbons (Fsp3) is 0.333. The minimum Gasteiger partial charge on any atom is -0.335 e. The average Bonchev–Trinajstić information content (AvgIpc) is 3.06. The van der Waals surface area contributed by atoms with E-state index in [1.54, 1.807) is 30.6 Å². The second-order valence-corrected chi connectivity index (χ2v) is 11.5. The van der Waals surface area contributed by atoms with Gasteiger partial charge in [0.2, 0.25) is 0 Å². The molecular weight excluding hydrogens is 465 g/mol. The molecule has 0 spiro atoms. The highest BCUT2D eigenvalue weighted by atomic mass is 32.2. The van der Waals surface area contributed by atoms with E-state index in [0.717, 1.165) is 18.4 Å². The van der Waals surface area contributed by atoms with Gasteiger partial charge < -0.3 is 4.90 Å². The summed E-state index contributed by atoms with van der Waals surface area (Å²) in [7, 11) is -3.51. The van der Waals surface area contributed by atoms with Crippen LogP contribution in [0.2, 0.25) is 0 Å². The first-order valence-electron chi connectivity index (χ1n) is 11.7. The van der Waals surface area contributed by atoms with Crippen LogP contribution in [0.4, 0.5) is 4.39 Å². The Hall–Kier alpha value is -3.10. The standard InChI is InChI=1S/C27H28FN3O3S/c1-18-12-20(15-29-14-18)27(32)30-16-22-10-11-23(17-30)31(22)26(19-6-5-7-21(28)13-19)24-8-3-4-9-25(24)35(2,33)34/h3-9,12-15,22-23,26H,10-11,16-17H2,1-2H3. The van der Waals surface area contributed by atoms with Gasteiger partial charge in [0.25, 0.3) is 5.91 Å². The Morgan fingerprint density at radius 1 is 1.03 bits per heavy atom. The van der Waals surface area contributed by atoms with Crippen LogP contribution in [0.1, 0.15) is 45.9 Å². The van der Waals surface area contributed by atoms with Crippen molar-refractivity contribution < 1.29 is 17.6 Å². The van der Waals surface area contributed by atoms with Gasteiger partial charge in [0.05, 0.1) is 16.5 Å². The maximum Gasteiger partial charge on any atom is 0.255 e. The van der Waals surface area contributed by atoms with Crippen LogP contribution in [0.25, 0.3) is 0 Å². The summed E-state index contributed by atoms with van der Waals surface area (Å²) in [6.45, 7) is 2.96. The summed E-state index contributed by atoms with van der Waals surface area (Å²) in [5.41, 5.74) is 2.85. The second kappa shape index (κ2) is 9.17. The van der Waals surface area contributed by atoms with E-state index in [1.165, 1.54) is 18.4 Å². The lowest BCUT2D eigenvalue weighted by Crippen LogP contribution is -2.56. The Kier molecular flexibility index (Phi) is 6.19. The van der Waals surface area contributed by atoms with Crippen LogP contribution in [-0.4, -0.2) is 60.5 Å². The summed E-state index contributed by atoms with van der Waals surface area (Å²) in [4.78, 5) is 21.8. The third-order valence-corrected chi connectivity index (χ3v) is 8.19. The highest BCUT2D eigenvalue weighted by Crippen LogP contribution is 2.43. The van der Waals surface area contributed by atoms with Crippen LogP contribution in [-0.2, 0) is 9.84 Å². The summed E-state index contributed by atoms with van der Waals surface area (Å²) in [5, 5.41) is 0. The van der Waals surface area contributed by atoms with E-state index >= 15 is 0 Å². The van der Waals surface area contributed by atoms with Crippen molar-refractivity contribution >= 4 is 15.7 Å². The van der Waals surface area contributed by atoms with Crippen molar-refractivity contribution in [2.45, 2.75) is 42.8 Å². The summed E-state index contributed by atoms with van der Waals surface area (Å²) < 4.78 is 39.7. The molecule has 0 aliphatic carbocycles. The molecule has 3 aromatic rings. The predicted octanol–water partition coefficient (Wildman–Crippen LogP) is 4.01. The monoisotopic (exact) mass is 493 g/mol. The number of carbonyl (C=O) groups excluding carboxylic acids is 1. The van der Waals surface area contributed by atoms with Crippen molar-refractivity contribution in [3.8, 4) is 0 Å². The number of halogens is 1. The molecule has 3 heterocycles. The van der Waals surface area contributed by atoms with E-state index in [9.17, 15) is 17.6 Å². The molecule has 2 saturated heterocycles. The largest absolute Gasteiger partial charge is 0.335 e. The van der Waals surface area contributed by atoms with Crippen LogP contribution in [0.15, 0.2) is 71.9 Å². The maximum atomic E-state index is 14.3. The number of fused-ring (bicyclic) bond motifs is 2. The fourth-order valence-corrected chi connectivity index (χ4v) is 6.54. The minimum atomic E-state index is -3.51. The Labute approximate surface area is 205 Å². The molecule has 3 atom stereocenters. The van der Waals surface area contributed by atoms with E-state index < -0.39 is 15.9 Å². The van der Waals surface area contributed by atoms with Crippen molar-refractivity contribution in [2.24, 2.45) is 0 Å². The molecule has 1 aromatic heterocycles. The summed E-state index contributed by atoms with van der Waals surface area (Å²) in [5.74, 6) is -0.408. The molecule has 0 radical (unpaired) electrons. The highest BCUT2D eigenvalue weighted by molar-refractivity contribution is 7.90. The van der Waals surface area contributed by atoms with E-state index in [1.807, 2.05) is 36.1 Å². The normalized spacial score (nSPS) is 21.2. The SMILES string of the molecule is Cc1cncc(C(=O)N2CC3CCC(C2)N3C(c2cccc(F)c2)c2ccccc2S(C)(=O)=O)c1. The van der Waals surface area contributed by atoms with Crippen molar-refractivity contribution in [1.82, 2.24) is 14.8 Å². The molecule has 2 fully saturated rings. The number of piperazine rings is 1. The molecule has 8 heteroatoms. The Balaban J connectivity index is 1.54. The Morgan fingerprint density at radius 3 is 2.40 bits per heavy atom. The molecule has 3 unspecified atom stereocenters. The second-order valence-electron chi connectivity index (χ2n) is 9.56. The lowest BCUT2D eigenvalue weighted by molar-refractivity contribution is 0.0335. The zero-order valence-corrected chi connectivity index (χ0v) is 20.6. The van der Waals surface area contributed by atoms with Gasteiger partial charge >= 0.3 is 0 Å². The van der Waals surface area contributed by atoms with E-state index in [0.29, 0.717) is 29.8 Å². The van der Waals surface area contributed by atoms with Crippen LogP contribution in [0.3, 0.4) is 0 Å². The number of benzene rings is 2. The first-order valence-corrected chi connectivity index (χ1v) is 13.6. The lowest BCUT2D eigenvalue weighted by Gasteiger charge is -2.45. The number of hydrogen-bond acceptors (Lipinski definition) is 5. The number of nitrogens with zero attached hydrogens (tertiary/aromatic N) is 3. The third kappa shape index (κ3) is 4.60. The number of likely N-dealkylation sites (tertiary alicyclic amines) is 1. The molecule has 1 amide bonds. The number of hydrogen-bond donors (Lipinski definition) is 0. The first kappa shape index (κ1) is 23.6. The summed E-state index contributed by atoms with van der Waals surface area (Å²) >= 11 is 0. The van der Waals surface area contributed by atoms with Crippen LogP contribution in [0.5, 0.6) is 0 Å². The molecule has 2 bridgehead atoms. The third-order valence-electron chi connectivity index (χ3n) is 7.02. The molecule has 5 rings (SSSR count). The highest BCUT2D eigenvalue weighted by Gasteiger charge is 2.46. The van der Waals surface area contributed by atoms with Crippen molar-refractivity contribution in [3.05, 3.63) is 95.1 Å². The number of carbonyl (C=O) groups is 1. The Bertz CT molecular complexity index is 1360. The first-order chi connectivity index (χ1) is 16.7. The van der Waals surface area contributed by atoms with E-state index in [4.69, 9.17) is 0 Å². The molecule has 0 saturated carbocycles. The fourth-order valence-electron chi connectivity index (χ4n) is 5.61. The Morgan fingerprint density at radius 2 is 1.74 bits per heavy atom. The molecule has 6 nitrogen and oxygen atoms in total. The quantitative estimate of drug-likeness (QED) is 0.537. The van der Waals surface area contributed by atoms with Gasteiger partial charge in [-0.3, -0.25) is 14.7 Å². The van der Waals surface area contributed by atoms with Crippen LogP contribution in [0, 0.1) is 12.7 Å². The summed E-state index contributed by atoms with van der Waals surface area (Å²) in [6, 6.07) is 14.8. The van der Waals surface area contributed by atoms with Crippen LogP contribution < -0.4 is 0 Å². The van der Waals surface area contributed by atoms with Gasteiger partial charge in [0.1, 0.15) is 5.82 Å². The number of pyridine rings is 1. The lowest BCUT2D eigenvalue weighted by atomic mass is 9.94. The van der Waals surface area contributed by atoms with Gasteiger partial charge in [-0.05, 0) is 60.7 Å². The molecule has 2 aromatic carbocycles. The van der Waals surface area contributed by atoms with Crippen LogP contribution >= 0.6 is 0 Å². The topological polar surface area (TPSA) is 70.6 Å².